The van der Waals surface area contributed by atoms with Crippen LogP contribution in [0.2, 0.25) is 0 Å². The number of sulfone groups is 1. The molecule has 3 rings (SSSR count). The molecule has 104 valence electrons. The summed E-state index contributed by atoms with van der Waals surface area (Å²) in [6.45, 7) is 2.93. The van der Waals surface area contributed by atoms with Gasteiger partial charge in [-0.2, -0.15) is 0 Å². The van der Waals surface area contributed by atoms with Crippen molar-refractivity contribution < 1.29 is 17.9 Å². The van der Waals surface area contributed by atoms with E-state index < -0.39 is 9.84 Å². The Hall–Kier alpha value is -0.950. The fourth-order valence-corrected chi connectivity index (χ4v) is 3.69. The minimum Gasteiger partial charge on any atom is -0.379 e. The third-order valence-electron chi connectivity index (χ3n) is 3.55. The van der Waals surface area contributed by atoms with Crippen LogP contribution in [0.3, 0.4) is 0 Å². The first-order chi connectivity index (χ1) is 9.18. The lowest BCUT2D eigenvalue weighted by Crippen LogP contribution is -2.40. The second-order valence-electron chi connectivity index (χ2n) is 4.84. The van der Waals surface area contributed by atoms with Crippen LogP contribution in [0.5, 0.6) is 0 Å². The molecule has 19 heavy (non-hydrogen) atoms. The Balaban J connectivity index is 1.78. The normalized spacial score (nSPS) is 24.9. The third kappa shape index (κ3) is 2.53. The van der Waals surface area contributed by atoms with Crippen LogP contribution in [0.15, 0.2) is 29.2 Å². The van der Waals surface area contributed by atoms with Crippen molar-refractivity contribution in [3.8, 4) is 0 Å². The fourth-order valence-electron chi connectivity index (χ4n) is 2.24. The van der Waals surface area contributed by atoms with Gasteiger partial charge in [-0.1, -0.05) is 12.1 Å². The van der Waals surface area contributed by atoms with Crippen LogP contribution in [-0.4, -0.2) is 46.6 Å². The molecule has 1 aromatic carbocycles. The molecule has 6 heteroatoms. The second kappa shape index (κ2) is 5.20. The van der Waals surface area contributed by atoms with Crippen molar-refractivity contribution in [3.05, 3.63) is 29.8 Å². The predicted molar refractivity (Wildman–Crippen MR) is 69.8 cm³/mol. The van der Waals surface area contributed by atoms with Crippen LogP contribution < -0.4 is 5.32 Å². The van der Waals surface area contributed by atoms with E-state index in [9.17, 15) is 8.42 Å². The van der Waals surface area contributed by atoms with Crippen LogP contribution in [0, 0.1) is 0 Å². The molecule has 0 saturated carbocycles. The van der Waals surface area contributed by atoms with Crippen molar-refractivity contribution in [1.29, 1.82) is 0 Å². The molecule has 5 nitrogen and oxygen atoms in total. The van der Waals surface area contributed by atoms with E-state index >= 15 is 0 Å². The van der Waals surface area contributed by atoms with Crippen LogP contribution >= 0.6 is 0 Å². The van der Waals surface area contributed by atoms with E-state index in [1.807, 2.05) is 12.1 Å². The minimum atomic E-state index is -3.23. The summed E-state index contributed by atoms with van der Waals surface area (Å²) < 4.78 is 34.9. The summed E-state index contributed by atoms with van der Waals surface area (Å²) in [5.74, 6) is 0. The molecule has 2 aliphatic heterocycles. The predicted octanol–water partition coefficient (Wildman–Crippen LogP) is 0.520. The number of hydrogen-bond donors (Lipinski definition) is 1. The van der Waals surface area contributed by atoms with Gasteiger partial charge in [0.2, 0.25) is 0 Å². The van der Waals surface area contributed by atoms with Gasteiger partial charge in [-0.15, -0.1) is 0 Å². The molecule has 1 atom stereocenters. The molecule has 0 amide bonds. The Bertz CT molecular complexity index is 530. The number of benzene rings is 1. The summed E-state index contributed by atoms with van der Waals surface area (Å²) >= 11 is 0. The Labute approximate surface area is 112 Å². The molecule has 0 aromatic heterocycles. The van der Waals surface area contributed by atoms with Gasteiger partial charge in [-0.3, -0.25) is 0 Å². The summed E-state index contributed by atoms with van der Waals surface area (Å²) in [4.78, 5) is 0.369. The van der Waals surface area contributed by atoms with Gasteiger partial charge < -0.3 is 14.8 Å². The lowest BCUT2D eigenvalue weighted by Gasteiger charge is -2.26. The van der Waals surface area contributed by atoms with Crippen molar-refractivity contribution in [1.82, 2.24) is 5.32 Å². The number of rotatable bonds is 3. The molecule has 0 bridgehead atoms. The highest BCUT2D eigenvalue weighted by Gasteiger charge is 2.33. The summed E-state index contributed by atoms with van der Waals surface area (Å²) in [6, 6.07) is 7.01. The van der Waals surface area contributed by atoms with E-state index in [4.69, 9.17) is 9.47 Å². The first kappa shape index (κ1) is 13.1. The Morgan fingerprint density at radius 2 is 1.89 bits per heavy atom. The molecular weight excluding hydrogens is 266 g/mol. The largest absolute Gasteiger partial charge is 0.379 e. The van der Waals surface area contributed by atoms with Crippen LogP contribution in [0.1, 0.15) is 11.7 Å². The molecule has 0 radical (unpaired) electrons. The molecular formula is C13H17NO4S. The van der Waals surface area contributed by atoms with Gasteiger partial charge in [0.25, 0.3) is 0 Å². The zero-order valence-electron chi connectivity index (χ0n) is 10.5. The lowest BCUT2D eigenvalue weighted by atomic mass is 10.1. The van der Waals surface area contributed by atoms with Gasteiger partial charge in [-0.25, -0.2) is 8.42 Å². The fraction of sp³-hybridized carbons (Fsp3) is 0.538. The van der Waals surface area contributed by atoms with Gasteiger partial charge in [-0.05, 0) is 17.7 Å². The number of morpholine rings is 1. The van der Waals surface area contributed by atoms with Gasteiger partial charge in [0.1, 0.15) is 5.25 Å². The van der Waals surface area contributed by atoms with E-state index in [1.165, 1.54) is 0 Å². The molecule has 2 heterocycles. The van der Waals surface area contributed by atoms with Gasteiger partial charge >= 0.3 is 0 Å². The van der Waals surface area contributed by atoms with Crippen molar-refractivity contribution in [2.45, 2.75) is 16.2 Å². The number of nitrogens with one attached hydrogen (secondary N) is 1. The number of hydrogen-bond acceptors (Lipinski definition) is 5. The van der Waals surface area contributed by atoms with Gasteiger partial charge in [0.05, 0.1) is 30.8 Å². The molecule has 2 aliphatic rings. The van der Waals surface area contributed by atoms with Crippen molar-refractivity contribution in [2.24, 2.45) is 0 Å². The molecule has 2 fully saturated rings. The minimum absolute atomic E-state index is 0.0116. The smallest absolute Gasteiger partial charge is 0.185 e. The van der Waals surface area contributed by atoms with Crippen LogP contribution in [-0.2, 0) is 19.3 Å². The van der Waals surface area contributed by atoms with E-state index in [-0.39, 0.29) is 11.4 Å². The highest BCUT2D eigenvalue weighted by molar-refractivity contribution is 7.92. The maximum absolute atomic E-state index is 12.2. The van der Waals surface area contributed by atoms with Gasteiger partial charge in [0.15, 0.2) is 9.84 Å². The van der Waals surface area contributed by atoms with Crippen molar-refractivity contribution >= 4 is 9.84 Å². The lowest BCUT2D eigenvalue weighted by molar-refractivity contribution is 0.0276. The van der Waals surface area contributed by atoms with E-state index in [0.717, 1.165) is 18.7 Å². The maximum atomic E-state index is 12.2. The molecule has 2 saturated heterocycles. The topological polar surface area (TPSA) is 64.6 Å². The monoisotopic (exact) mass is 283 g/mol. The summed E-state index contributed by atoms with van der Waals surface area (Å²) in [7, 11) is -3.23. The SMILES string of the molecule is O=S(=O)(c1ccc(C2CNCCO2)cc1)C1COC1. The first-order valence-corrected chi connectivity index (χ1v) is 7.96. The number of ether oxygens (including phenoxy) is 2. The zero-order chi connectivity index (χ0) is 13.3. The summed E-state index contributed by atoms with van der Waals surface area (Å²) in [6.07, 6.45) is 0.0116. The third-order valence-corrected chi connectivity index (χ3v) is 5.63. The molecule has 1 unspecified atom stereocenters. The summed E-state index contributed by atoms with van der Waals surface area (Å²) in [5.41, 5.74) is 1.01. The highest BCUT2D eigenvalue weighted by Crippen LogP contribution is 2.24. The second-order valence-corrected chi connectivity index (χ2v) is 7.07. The Kier molecular flexibility index (Phi) is 3.58. The quantitative estimate of drug-likeness (QED) is 0.876. The van der Waals surface area contributed by atoms with E-state index in [2.05, 4.69) is 5.32 Å². The molecule has 1 aromatic rings. The van der Waals surface area contributed by atoms with Crippen LogP contribution in [0.4, 0.5) is 0 Å². The van der Waals surface area contributed by atoms with Crippen molar-refractivity contribution in [2.75, 3.05) is 32.9 Å². The molecule has 0 spiro atoms. The average molecular weight is 283 g/mol. The Morgan fingerprint density at radius 1 is 1.16 bits per heavy atom. The molecule has 0 aliphatic carbocycles. The highest BCUT2D eigenvalue weighted by atomic mass is 32.2. The summed E-state index contributed by atoms with van der Waals surface area (Å²) in [5, 5.41) is 2.87. The Morgan fingerprint density at radius 3 is 2.42 bits per heavy atom. The first-order valence-electron chi connectivity index (χ1n) is 6.42. The van der Waals surface area contributed by atoms with Crippen LogP contribution in [0.25, 0.3) is 0 Å². The van der Waals surface area contributed by atoms with Gasteiger partial charge in [0, 0.05) is 13.1 Å². The maximum Gasteiger partial charge on any atom is 0.185 e. The van der Waals surface area contributed by atoms with E-state index in [0.29, 0.717) is 24.7 Å². The standard InChI is InChI=1S/C13H17NO4S/c15-19(16,12-8-17-9-12)11-3-1-10(2-4-11)13-7-14-5-6-18-13/h1-4,12-14H,5-9H2. The zero-order valence-corrected chi connectivity index (χ0v) is 11.4. The average Bonchev–Trinajstić information content (AvgIpc) is 2.37. The molecule has 1 N–H and O–H groups in total. The van der Waals surface area contributed by atoms with Crippen molar-refractivity contribution in [3.63, 3.8) is 0 Å². The van der Waals surface area contributed by atoms with E-state index in [1.54, 1.807) is 12.1 Å².